The van der Waals surface area contributed by atoms with Crippen molar-refractivity contribution in [1.29, 1.82) is 0 Å². The van der Waals surface area contributed by atoms with E-state index in [0.29, 0.717) is 18.2 Å². The van der Waals surface area contributed by atoms with Gasteiger partial charge < -0.3 is 10.0 Å². The van der Waals surface area contributed by atoms with Gasteiger partial charge >= 0.3 is 0 Å². The minimum absolute atomic E-state index is 0.0170. The molecule has 0 bridgehead atoms. The molecular weight excluding hydrogens is 290 g/mol. The van der Waals surface area contributed by atoms with Crippen LogP contribution >= 0.6 is 0 Å². The number of aliphatic hydroxyl groups is 1. The summed E-state index contributed by atoms with van der Waals surface area (Å²) in [5.74, 6) is 0.599. The molecule has 0 saturated heterocycles. The topological polar surface area (TPSA) is 58.4 Å². The van der Waals surface area contributed by atoms with Crippen molar-refractivity contribution in [3.05, 3.63) is 17.0 Å². The second-order valence-electron chi connectivity index (χ2n) is 7.08. The van der Waals surface area contributed by atoms with Gasteiger partial charge in [-0.3, -0.25) is 9.48 Å². The van der Waals surface area contributed by atoms with Gasteiger partial charge in [-0.15, -0.1) is 0 Å². The van der Waals surface area contributed by atoms with Crippen LogP contribution in [-0.4, -0.2) is 45.4 Å². The number of carbonyl (C=O) groups excluding carboxylic acids is 1. The summed E-state index contributed by atoms with van der Waals surface area (Å²) in [4.78, 5) is 14.9. The lowest BCUT2D eigenvalue weighted by Crippen LogP contribution is -2.38. The fourth-order valence-corrected chi connectivity index (χ4v) is 4.17. The standard InChI is InChI=1S/C18H29N3O2/c1-20-16-10-6-5-9-15(16)17(19-20)18(23)21(11-12-22)13-14-7-3-2-4-8-14/h14,22H,2-13H2,1H3. The van der Waals surface area contributed by atoms with E-state index in [1.54, 1.807) is 0 Å². The van der Waals surface area contributed by atoms with E-state index < -0.39 is 0 Å². The van der Waals surface area contributed by atoms with Gasteiger partial charge in [-0.05, 0) is 44.4 Å². The Balaban J connectivity index is 1.77. The highest BCUT2D eigenvalue weighted by molar-refractivity contribution is 5.94. The number of amides is 1. The van der Waals surface area contributed by atoms with Crippen LogP contribution in [0.5, 0.6) is 0 Å². The van der Waals surface area contributed by atoms with Crippen LogP contribution in [0.2, 0.25) is 0 Å². The third-order valence-electron chi connectivity index (χ3n) is 5.43. The van der Waals surface area contributed by atoms with Gasteiger partial charge in [0, 0.05) is 31.4 Å². The van der Waals surface area contributed by atoms with E-state index in [9.17, 15) is 9.90 Å². The molecular formula is C18H29N3O2. The minimum Gasteiger partial charge on any atom is -0.395 e. The minimum atomic E-state index is 0.0170. The molecule has 5 heteroatoms. The average molecular weight is 319 g/mol. The maximum Gasteiger partial charge on any atom is 0.274 e. The molecule has 1 heterocycles. The fraction of sp³-hybridized carbons (Fsp3) is 0.778. The molecule has 1 N–H and O–H groups in total. The van der Waals surface area contributed by atoms with E-state index in [4.69, 9.17) is 0 Å². The van der Waals surface area contributed by atoms with Crippen LogP contribution in [0.15, 0.2) is 0 Å². The molecule has 0 aliphatic heterocycles. The van der Waals surface area contributed by atoms with Crippen molar-refractivity contribution in [1.82, 2.24) is 14.7 Å². The Hall–Kier alpha value is -1.36. The molecule has 0 atom stereocenters. The average Bonchev–Trinajstić information content (AvgIpc) is 2.92. The lowest BCUT2D eigenvalue weighted by atomic mass is 9.88. The molecule has 0 spiro atoms. The molecule has 0 aromatic carbocycles. The summed E-state index contributed by atoms with van der Waals surface area (Å²) in [7, 11) is 1.94. The second kappa shape index (κ2) is 7.47. The first-order valence-electron chi connectivity index (χ1n) is 9.15. The van der Waals surface area contributed by atoms with Crippen LogP contribution in [0, 0.1) is 5.92 Å². The first-order valence-corrected chi connectivity index (χ1v) is 9.15. The molecule has 2 aliphatic carbocycles. The predicted octanol–water partition coefficient (Wildman–Crippen LogP) is 2.31. The highest BCUT2D eigenvalue weighted by Crippen LogP contribution is 2.27. The first-order chi connectivity index (χ1) is 11.2. The molecule has 23 heavy (non-hydrogen) atoms. The number of aliphatic hydroxyl groups excluding tert-OH is 1. The van der Waals surface area contributed by atoms with Gasteiger partial charge in [-0.2, -0.15) is 5.10 Å². The quantitative estimate of drug-likeness (QED) is 0.906. The Bertz CT molecular complexity index is 547. The molecule has 1 fully saturated rings. The maximum absolute atomic E-state index is 13.0. The van der Waals surface area contributed by atoms with Crippen molar-refractivity contribution >= 4 is 5.91 Å². The molecule has 0 unspecified atom stereocenters. The lowest BCUT2D eigenvalue weighted by Gasteiger charge is -2.29. The monoisotopic (exact) mass is 319 g/mol. The molecule has 3 rings (SSSR count). The Morgan fingerprint density at radius 3 is 2.70 bits per heavy atom. The van der Waals surface area contributed by atoms with E-state index in [1.807, 2.05) is 16.6 Å². The lowest BCUT2D eigenvalue weighted by molar-refractivity contribution is 0.0667. The van der Waals surface area contributed by atoms with E-state index in [0.717, 1.165) is 31.4 Å². The molecule has 128 valence electrons. The van der Waals surface area contributed by atoms with Gasteiger partial charge in [-0.1, -0.05) is 19.3 Å². The van der Waals surface area contributed by atoms with Crippen molar-refractivity contribution in [2.75, 3.05) is 19.7 Å². The van der Waals surface area contributed by atoms with E-state index in [2.05, 4.69) is 5.10 Å². The van der Waals surface area contributed by atoms with Crippen LogP contribution in [0.3, 0.4) is 0 Å². The molecule has 1 aromatic heterocycles. The van der Waals surface area contributed by atoms with Crippen LogP contribution in [0.4, 0.5) is 0 Å². The van der Waals surface area contributed by atoms with Crippen molar-refractivity contribution < 1.29 is 9.90 Å². The van der Waals surface area contributed by atoms with Crippen LogP contribution in [-0.2, 0) is 19.9 Å². The predicted molar refractivity (Wildman–Crippen MR) is 89.4 cm³/mol. The van der Waals surface area contributed by atoms with Gasteiger partial charge in [0.25, 0.3) is 5.91 Å². The van der Waals surface area contributed by atoms with Crippen molar-refractivity contribution in [2.24, 2.45) is 13.0 Å². The zero-order valence-corrected chi connectivity index (χ0v) is 14.3. The summed E-state index contributed by atoms with van der Waals surface area (Å²) in [6, 6.07) is 0. The second-order valence-corrected chi connectivity index (χ2v) is 7.08. The summed E-state index contributed by atoms with van der Waals surface area (Å²) in [6.45, 7) is 1.21. The molecule has 1 amide bonds. The number of carbonyl (C=O) groups is 1. The Kier molecular flexibility index (Phi) is 5.36. The number of nitrogens with zero attached hydrogens (tertiary/aromatic N) is 3. The molecule has 5 nitrogen and oxygen atoms in total. The molecule has 2 aliphatic rings. The number of hydrogen-bond acceptors (Lipinski definition) is 3. The Morgan fingerprint density at radius 2 is 1.96 bits per heavy atom. The van der Waals surface area contributed by atoms with Crippen LogP contribution in [0.1, 0.15) is 66.7 Å². The number of hydrogen-bond donors (Lipinski definition) is 1. The van der Waals surface area contributed by atoms with Gasteiger partial charge in [-0.25, -0.2) is 0 Å². The third kappa shape index (κ3) is 3.60. The third-order valence-corrected chi connectivity index (χ3v) is 5.43. The maximum atomic E-state index is 13.0. The summed E-state index contributed by atoms with van der Waals surface area (Å²) >= 11 is 0. The van der Waals surface area contributed by atoms with Gasteiger partial charge in [0.05, 0.1) is 6.61 Å². The van der Waals surface area contributed by atoms with E-state index >= 15 is 0 Å². The summed E-state index contributed by atoms with van der Waals surface area (Å²) < 4.78 is 1.89. The number of aromatic nitrogens is 2. The Labute approximate surface area is 138 Å². The number of aryl methyl sites for hydroxylation is 1. The first kappa shape index (κ1) is 16.5. The highest BCUT2D eigenvalue weighted by Gasteiger charge is 2.28. The van der Waals surface area contributed by atoms with Gasteiger partial charge in [0.15, 0.2) is 5.69 Å². The smallest absolute Gasteiger partial charge is 0.274 e. The summed E-state index contributed by atoms with van der Waals surface area (Å²) in [5, 5.41) is 13.9. The largest absolute Gasteiger partial charge is 0.395 e. The van der Waals surface area contributed by atoms with Crippen molar-refractivity contribution in [2.45, 2.75) is 57.8 Å². The molecule has 0 radical (unpaired) electrons. The van der Waals surface area contributed by atoms with Crippen molar-refractivity contribution in [3.8, 4) is 0 Å². The van der Waals surface area contributed by atoms with Crippen LogP contribution < -0.4 is 0 Å². The SMILES string of the molecule is Cn1nc(C(=O)N(CCO)CC2CCCCC2)c2c1CCCC2. The van der Waals surface area contributed by atoms with Gasteiger partial charge in [0.2, 0.25) is 0 Å². The molecule has 1 aromatic rings. The van der Waals surface area contributed by atoms with Crippen LogP contribution in [0.25, 0.3) is 0 Å². The fourth-order valence-electron chi connectivity index (χ4n) is 4.17. The highest BCUT2D eigenvalue weighted by atomic mass is 16.3. The number of rotatable bonds is 5. The Morgan fingerprint density at radius 1 is 1.22 bits per heavy atom. The normalized spacial score (nSPS) is 18.7. The zero-order chi connectivity index (χ0) is 16.2. The zero-order valence-electron chi connectivity index (χ0n) is 14.3. The summed E-state index contributed by atoms with van der Waals surface area (Å²) in [5.41, 5.74) is 3.00. The van der Waals surface area contributed by atoms with E-state index in [-0.39, 0.29) is 12.5 Å². The van der Waals surface area contributed by atoms with E-state index in [1.165, 1.54) is 44.2 Å². The van der Waals surface area contributed by atoms with Crippen molar-refractivity contribution in [3.63, 3.8) is 0 Å². The molecule has 1 saturated carbocycles. The van der Waals surface area contributed by atoms with Gasteiger partial charge in [0.1, 0.15) is 0 Å². The summed E-state index contributed by atoms with van der Waals surface area (Å²) in [6.07, 6.45) is 10.6. The number of fused-ring (bicyclic) bond motifs is 1.